The topological polar surface area (TPSA) is 71.1 Å². The van der Waals surface area contributed by atoms with Crippen LogP contribution in [0.4, 0.5) is 10.1 Å². The largest absolute Gasteiger partial charge is 0.494 e. The van der Waals surface area contributed by atoms with Gasteiger partial charge in [0.15, 0.2) is 6.61 Å². The average molecular weight is 429 g/mol. The van der Waals surface area contributed by atoms with Crippen molar-refractivity contribution in [3.63, 3.8) is 0 Å². The zero-order chi connectivity index (χ0) is 22.1. The molecule has 0 bridgehead atoms. The first kappa shape index (κ1) is 22.6. The SMILES string of the molecule is CCCOc1ccc(OCC(=O)N2CCN(CC(=O)Nc3cccc(F)c3)CC2)cc1. The minimum Gasteiger partial charge on any atom is -0.494 e. The lowest BCUT2D eigenvalue weighted by Crippen LogP contribution is -2.51. The van der Waals surface area contributed by atoms with Gasteiger partial charge in [0, 0.05) is 31.9 Å². The molecule has 1 saturated heterocycles. The number of nitrogens with one attached hydrogen (secondary N) is 1. The molecule has 1 aliphatic heterocycles. The zero-order valence-corrected chi connectivity index (χ0v) is 17.7. The number of anilines is 1. The lowest BCUT2D eigenvalue weighted by atomic mass is 10.3. The number of hydrogen-bond donors (Lipinski definition) is 1. The van der Waals surface area contributed by atoms with Crippen molar-refractivity contribution in [3.05, 3.63) is 54.3 Å². The number of piperazine rings is 1. The summed E-state index contributed by atoms with van der Waals surface area (Å²) in [6.45, 7) is 5.11. The van der Waals surface area contributed by atoms with E-state index in [-0.39, 0.29) is 25.0 Å². The number of carbonyl (C=O) groups is 2. The molecule has 3 rings (SSSR count). The van der Waals surface area contributed by atoms with Crippen LogP contribution in [-0.4, -0.2) is 67.6 Å². The number of carbonyl (C=O) groups excluding carboxylic acids is 2. The van der Waals surface area contributed by atoms with Crippen LogP contribution in [0.1, 0.15) is 13.3 Å². The Morgan fingerprint density at radius 2 is 1.68 bits per heavy atom. The molecule has 2 aromatic carbocycles. The third-order valence-electron chi connectivity index (χ3n) is 4.86. The van der Waals surface area contributed by atoms with Gasteiger partial charge in [-0.3, -0.25) is 14.5 Å². The van der Waals surface area contributed by atoms with Crippen molar-refractivity contribution in [2.75, 3.05) is 51.3 Å². The number of nitrogens with zero attached hydrogens (tertiary/aromatic N) is 2. The molecule has 2 aromatic rings. The lowest BCUT2D eigenvalue weighted by Gasteiger charge is -2.34. The lowest BCUT2D eigenvalue weighted by molar-refractivity contribution is -0.135. The summed E-state index contributed by atoms with van der Waals surface area (Å²) in [5.41, 5.74) is 0.431. The summed E-state index contributed by atoms with van der Waals surface area (Å²) in [7, 11) is 0. The van der Waals surface area contributed by atoms with Crippen molar-refractivity contribution >= 4 is 17.5 Å². The molecule has 1 N–H and O–H groups in total. The van der Waals surface area contributed by atoms with E-state index >= 15 is 0 Å². The summed E-state index contributed by atoms with van der Waals surface area (Å²) in [6, 6.07) is 13.0. The van der Waals surface area contributed by atoms with Gasteiger partial charge >= 0.3 is 0 Å². The maximum absolute atomic E-state index is 13.2. The third-order valence-corrected chi connectivity index (χ3v) is 4.86. The van der Waals surface area contributed by atoms with Crippen LogP contribution in [0, 0.1) is 5.82 Å². The van der Waals surface area contributed by atoms with E-state index in [1.54, 1.807) is 29.2 Å². The molecule has 0 spiro atoms. The van der Waals surface area contributed by atoms with Crippen molar-refractivity contribution in [1.29, 1.82) is 0 Å². The molecule has 31 heavy (non-hydrogen) atoms. The molecule has 0 unspecified atom stereocenters. The number of ether oxygens (including phenoxy) is 2. The van der Waals surface area contributed by atoms with Crippen LogP contribution in [-0.2, 0) is 9.59 Å². The maximum atomic E-state index is 13.2. The van der Waals surface area contributed by atoms with Crippen LogP contribution >= 0.6 is 0 Å². The predicted molar refractivity (Wildman–Crippen MR) is 116 cm³/mol. The van der Waals surface area contributed by atoms with E-state index in [0.29, 0.717) is 44.2 Å². The standard InChI is InChI=1S/C23H28FN3O4/c1-2-14-30-20-6-8-21(9-7-20)31-17-23(29)27-12-10-26(11-13-27)16-22(28)25-19-5-3-4-18(24)15-19/h3-9,15H,2,10-14,16-17H2,1H3,(H,25,28). The van der Waals surface area contributed by atoms with Gasteiger partial charge in [-0.25, -0.2) is 4.39 Å². The number of amides is 2. The Balaban J connectivity index is 1.37. The van der Waals surface area contributed by atoms with Gasteiger partial charge in [-0.1, -0.05) is 13.0 Å². The highest BCUT2D eigenvalue weighted by molar-refractivity contribution is 5.92. The first-order valence-electron chi connectivity index (χ1n) is 10.4. The Morgan fingerprint density at radius 1 is 1.00 bits per heavy atom. The van der Waals surface area contributed by atoms with Crippen molar-refractivity contribution in [1.82, 2.24) is 9.80 Å². The minimum absolute atomic E-state index is 0.0325. The van der Waals surface area contributed by atoms with Crippen molar-refractivity contribution in [2.24, 2.45) is 0 Å². The van der Waals surface area contributed by atoms with Crippen LogP contribution in [0.15, 0.2) is 48.5 Å². The van der Waals surface area contributed by atoms with Gasteiger partial charge in [0.2, 0.25) is 5.91 Å². The molecule has 0 aromatic heterocycles. The van der Waals surface area contributed by atoms with Crippen LogP contribution in [0.25, 0.3) is 0 Å². The normalized spacial score (nSPS) is 14.2. The van der Waals surface area contributed by atoms with E-state index < -0.39 is 5.82 Å². The van der Waals surface area contributed by atoms with Gasteiger partial charge in [0.1, 0.15) is 17.3 Å². The molecule has 1 fully saturated rings. The molecular weight excluding hydrogens is 401 g/mol. The van der Waals surface area contributed by atoms with Gasteiger partial charge in [0.05, 0.1) is 13.2 Å². The van der Waals surface area contributed by atoms with Crippen molar-refractivity contribution in [3.8, 4) is 11.5 Å². The Kier molecular flexibility index (Phi) is 8.23. The monoisotopic (exact) mass is 429 g/mol. The number of hydrogen-bond acceptors (Lipinski definition) is 5. The Hall–Kier alpha value is -3.13. The quantitative estimate of drug-likeness (QED) is 0.664. The smallest absolute Gasteiger partial charge is 0.260 e. The van der Waals surface area contributed by atoms with Gasteiger partial charge in [0.25, 0.3) is 5.91 Å². The van der Waals surface area contributed by atoms with E-state index in [1.807, 2.05) is 24.0 Å². The van der Waals surface area contributed by atoms with E-state index in [9.17, 15) is 14.0 Å². The zero-order valence-electron chi connectivity index (χ0n) is 17.7. The maximum Gasteiger partial charge on any atom is 0.260 e. The van der Waals surface area contributed by atoms with E-state index in [4.69, 9.17) is 9.47 Å². The average Bonchev–Trinajstić information content (AvgIpc) is 2.77. The predicted octanol–water partition coefficient (Wildman–Crippen LogP) is 2.78. The van der Waals surface area contributed by atoms with Gasteiger partial charge in [-0.2, -0.15) is 0 Å². The van der Waals surface area contributed by atoms with Gasteiger partial charge in [-0.05, 0) is 48.9 Å². The molecular formula is C23H28FN3O4. The van der Waals surface area contributed by atoms with Crippen molar-refractivity contribution in [2.45, 2.75) is 13.3 Å². The second kappa shape index (κ2) is 11.3. The summed E-state index contributed by atoms with van der Waals surface area (Å²) in [5.74, 6) is 0.700. The van der Waals surface area contributed by atoms with Gasteiger partial charge < -0.3 is 19.7 Å². The first-order chi connectivity index (χ1) is 15.0. The summed E-state index contributed by atoms with van der Waals surface area (Å²) in [5, 5.41) is 2.69. The molecule has 0 saturated carbocycles. The number of halogens is 1. The highest BCUT2D eigenvalue weighted by Gasteiger charge is 2.22. The number of rotatable bonds is 9. The number of benzene rings is 2. The summed E-state index contributed by atoms with van der Waals surface area (Å²) in [4.78, 5) is 28.3. The first-order valence-corrected chi connectivity index (χ1v) is 10.4. The van der Waals surface area contributed by atoms with Gasteiger partial charge in [-0.15, -0.1) is 0 Å². The third kappa shape index (κ3) is 7.25. The fraction of sp³-hybridized carbons (Fsp3) is 0.391. The molecule has 1 aliphatic rings. The minimum atomic E-state index is -0.395. The van der Waals surface area contributed by atoms with E-state index in [1.165, 1.54) is 12.1 Å². The van der Waals surface area contributed by atoms with E-state index in [2.05, 4.69) is 5.32 Å². The molecule has 1 heterocycles. The molecule has 0 atom stereocenters. The summed E-state index contributed by atoms with van der Waals surface area (Å²) < 4.78 is 24.3. The molecule has 0 aliphatic carbocycles. The second-order valence-electron chi connectivity index (χ2n) is 7.32. The molecule has 166 valence electrons. The van der Waals surface area contributed by atoms with E-state index in [0.717, 1.165) is 12.2 Å². The van der Waals surface area contributed by atoms with Crippen LogP contribution < -0.4 is 14.8 Å². The van der Waals surface area contributed by atoms with Crippen LogP contribution in [0.2, 0.25) is 0 Å². The molecule has 8 heteroatoms. The summed E-state index contributed by atoms with van der Waals surface area (Å²) >= 11 is 0. The molecule has 0 radical (unpaired) electrons. The second-order valence-corrected chi connectivity index (χ2v) is 7.32. The Bertz CT molecular complexity index is 867. The Morgan fingerprint density at radius 3 is 2.32 bits per heavy atom. The fourth-order valence-corrected chi connectivity index (χ4v) is 3.21. The summed E-state index contributed by atoms with van der Waals surface area (Å²) in [6.07, 6.45) is 0.942. The molecule has 7 nitrogen and oxygen atoms in total. The van der Waals surface area contributed by atoms with Crippen LogP contribution in [0.3, 0.4) is 0 Å². The van der Waals surface area contributed by atoms with Crippen molar-refractivity contribution < 1.29 is 23.5 Å². The highest BCUT2D eigenvalue weighted by Crippen LogP contribution is 2.18. The molecule has 2 amide bonds. The fourth-order valence-electron chi connectivity index (χ4n) is 3.21. The highest BCUT2D eigenvalue weighted by atomic mass is 19.1. The van der Waals surface area contributed by atoms with Crippen LogP contribution in [0.5, 0.6) is 11.5 Å². The Labute approximate surface area is 181 Å².